The molecule has 0 aliphatic heterocycles. The molecule has 0 spiro atoms. The number of rotatable bonds is 2. The number of hydrogen-bond donors (Lipinski definition) is 2. The molecular formula is C13H26N2. The van der Waals surface area contributed by atoms with Crippen molar-refractivity contribution >= 4 is 0 Å². The van der Waals surface area contributed by atoms with E-state index < -0.39 is 0 Å². The van der Waals surface area contributed by atoms with Crippen LogP contribution in [0.25, 0.3) is 0 Å². The Morgan fingerprint density at radius 1 is 0.867 bits per heavy atom. The molecule has 4 N–H and O–H groups in total. The summed E-state index contributed by atoms with van der Waals surface area (Å²) in [5, 5.41) is 0. The molecule has 0 aromatic rings. The Balaban J connectivity index is 1.77. The van der Waals surface area contributed by atoms with E-state index in [1.54, 1.807) is 0 Å². The SMILES string of the molecule is NC1CCC(CC2CCCCC2)C(N)C1. The zero-order chi connectivity index (χ0) is 10.7. The van der Waals surface area contributed by atoms with E-state index in [1.165, 1.54) is 51.4 Å². The zero-order valence-corrected chi connectivity index (χ0v) is 9.83. The molecular weight excluding hydrogens is 184 g/mol. The fourth-order valence-electron chi connectivity index (χ4n) is 3.45. The maximum atomic E-state index is 6.21. The normalized spacial score (nSPS) is 39.2. The Morgan fingerprint density at radius 3 is 2.27 bits per heavy atom. The van der Waals surface area contributed by atoms with Gasteiger partial charge in [-0.1, -0.05) is 32.1 Å². The van der Waals surface area contributed by atoms with Crippen LogP contribution >= 0.6 is 0 Å². The molecule has 0 aromatic heterocycles. The second-order valence-electron chi connectivity index (χ2n) is 5.74. The van der Waals surface area contributed by atoms with E-state index in [2.05, 4.69) is 0 Å². The first-order chi connectivity index (χ1) is 7.25. The Bertz CT molecular complexity index is 187. The molecule has 15 heavy (non-hydrogen) atoms. The van der Waals surface area contributed by atoms with Gasteiger partial charge >= 0.3 is 0 Å². The summed E-state index contributed by atoms with van der Waals surface area (Å²) in [6, 6.07) is 0.762. The third-order valence-electron chi connectivity index (χ3n) is 4.45. The molecule has 3 atom stereocenters. The first-order valence-electron chi connectivity index (χ1n) is 6.77. The van der Waals surface area contributed by atoms with Gasteiger partial charge in [0.1, 0.15) is 0 Å². The van der Waals surface area contributed by atoms with E-state index in [0.717, 1.165) is 18.3 Å². The van der Waals surface area contributed by atoms with Crippen LogP contribution < -0.4 is 11.5 Å². The molecule has 0 bridgehead atoms. The van der Waals surface area contributed by atoms with Crippen LogP contribution in [0.15, 0.2) is 0 Å². The zero-order valence-electron chi connectivity index (χ0n) is 9.83. The molecule has 0 amide bonds. The standard InChI is InChI=1S/C13H26N2/c14-12-7-6-11(13(15)9-12)8-10-4-2-1-3-5-10/h10-13H,1-9,14-15H2. The summed E-state index contributed by atoms with van der Waals surface area (Å²) >= 11 is 0. The van der Waals surface area contributed by atoms with Gasteiger partial charge in [0.2, 0.25) is 0 Å². The van der Waals surface area contributed by atoms with Gasteiger partial charge in [-0.15, -0.1) is 0 Å². The molecule has 0 aromatic carbocycles. The average molecular weight is 210 g/mol. The lowest BCUT2D eigenvalue weighted by Crippen LogP contribution is -2.42. The third-order valence-corrected chi connectivity index (χ3v) is 4.45. The van der Waals surface area contributed by atoms with Crippen LogP contribution in [0, 0.1) is 11.8 Å². The summed E-state index contributed by atoms with van der Waals surface area (Å²) in [6.07, 6.45) is 12.2. The van der Waals surface area contributed by atoms with Crippen LogP contribution in [0.5, 0.6) is 0 Å². The van der Waals surface area contributed by atoms with E-state index in [9.17, 15) is 0 Å². The highest BCUT2D eigenvalue weighted by atomic mass is 14.7. The maximum Gasteiger partial charge on any atom is 0.00820 e. The van der Waals surface area contributed by atoms with Crippen LogP contribution in [0.1, 0.15) is 57.8 Å². The predicted octanol–water partition coefficient (Wildman–Crippen LogP) is 2.41. The lowest BCUT2D eigenvalue weighted by atomic mass is 9.74. The van der Waals surface area contributed by atoms with Crippen molar-refractivity contribution in [2.75, 3.05) is 0 Å². The first kappa shape index (κ1) is 11.4. The summed E-state index contributed by atoms with van der Waals surface area (Å²) in [5.74, 6) is 1.75. The highest BCUT2D eigenvalue weighted by molar-refractivity contribution is 4.86. The van der Waals surface area contributed by atoms with Gasteiger partial charge in [-0.25, -0.2) is 0 Å². The second kappa shape index (κ2) is 5.31. The third kappa shape index (κ3) is 3.18. The van der Waals surface area contributed by atoms with Crippen molar-refractivity contribution in [3.8, 4) is 0 Å². The van der Waals surface area contributed by atoms with E-state index in [4.69, 9.17) is 11.5 Å². The monoisotopic (exact) mass is 210 g/mol. The van der Waals surface area contributed by atoms with E-state index in [0.29, 0.717) is 12.1 Å². The molecule has 2 heteroatoms. The molecule has 0 heterocycles. The van der Waals surface area contributed by atoms with Crippen LogP contribution in [-0.4, -0.2) is 12.1 Å². The fourth-order valence-corrected chi connectivity index (χ4v) is 3.45. The molecule has 2 aliphatic rings. The molecule has 2 aliphatic carbocycles. The minimum Gasteiger partial charge on any atom is -0.328 e. The first-order valence-corrected chi connectivity index (χ1v) is 6.77. The van der Waals surface area contributed by atoms with Gasteiger partial charge in [0, 0.05) is 12.1 Å². The Kier molecular flexibility index (Phi) is 4.04. The highest BCUT2D eigenvalue weighted by Gasteiger charge is 2.28. The van der Waals surface area contributed by atoms with Gasteiger partial charge in [0.05, 0.1) is 0 Å². The van der Waals surface area contributed by atoms with Gasteiger partial charge in [-0.05, 0) is 37.5 Å². The minimum absolute atomic E-state index is 0.377. The quantitative estimate of drug-likeness (QED) is 0.735. The van der Waals surface area contributed by atoms with Crippen molar-refractivity contribution in [3.63, 3.8) is 0 Å². The fraction of sp³-hybridized carbons (Fsp3) is 1.00. The van der Waals surface area contributed by atoms with Crippen molar-refractivity contribution in [1.29, 1.82) is 0 Å². The van der Waals surface area contributed by atoms with Gasteiger partial charge in [-0.3, -0.25) is 0 Å². The molecule has 3 unspecified atom stereocenters. The summed E-state index contributed by atoms with van der Waals surface area (Å²) in [4.78, 5) is 0. The topological polar surface area (TPSA) is 52.0 Å². The van der Waals surface area contributed by atoms with Crippen molar-refractivity contribution < 1.29 is 0 Å². The van der Waals surface area contributed by atoms with E-state index in [-0.39, 0.29) is 0 Å². The van der Waals surface area contributed by atoms with Crippen LogP contribution in [0.4, 0.5) is 0 Å². The average Bonchev–Trinajstić information content (AvgIpc) is 2.24. The Morgan fingerprint density at radius 2 is 1.60 bits per heavy atom. The van der Waals surface area contributed by atoms with Crippen LogP contribution in [0.2, 0.25) is 0 Å². The maximum absolute atomic E-state index is 6.21. The molecule has 2 saturated carbocycles. The Labute approximate surface area is 93.8 Å². The smallest absolute Gasteiger partial charge is 0.00820 e. The second-order valence-corrected chi connectivity index (χ2v) is 5.74. The summed E-state index contributed by atoms with van der Waals surface area (Å²) < 4.78 is 0. The van der Waals surface area contributed by atoms with Crippen molar-refractivity contribution in [2.24, 2.45) is 23.3 Å². The van der Waals surface area contributed by atoms with E-state index >= 15 is 0 Å². The van der Waals surface area contributed by atoms with Gasteiger partial charge in [-0.2, -0.15) is 0 Å². The van der Waals surface area contributed by atoms with Gasteiger partial charge in [0.15, 0.2) is 0 Å². The van der Waals surface area contributed by atoms with Crippen molar-refractivity contribution in [1.82, 2.24) is 0 Å². The van der Waals surface area contributed by atoms with Gasteiger partial charge in [0.25, 0.3) is 0 Å². The molecule has 2 rings (SSSR count). The van der Waals surface area contributed by atoms with E-state index in [1.807, 2.05) is 0 Å². The lowest BCUT2D eigenvalue weighted by molar-refractivity contribution is 0.209. The lowest BCUT2D eigenvalue weighted by Gasteiger charge is -2.35. The van der Waals surface area contributed by atoms with Crippen molar-refractivity contribution in [3.05, 3.63) is 0 Å². The van der Waals surface area contributed by atoms with Crippen molar-refractivity contribution in [2.45, 2.75) is 69.9 Å². The van der Waals surface area contributed by atoms with Crippen LogP contribution in [0.3, 0.4) is 0 Å². The van der Waals surface area contributed by atoms with Crippen LogP contribution in [-0.2, 0) is 0 Å². The van der Waals surface area contributed by atoms with Gasteiger partial charge < -0.3 is 11.5 Å². The molecule has 0 saturated heterocycles. The molecule has 88 valence electrons. The minimum atomic E-state index is 0.377. The predicted molar refractivity (Wildman–Crippen MR) is 64.5 cm³/mol. The largest absolute Gasteiger partial charge is 0.328 e. The summed E-state index contributed by atoms with van der Waals surface area (Å²) in [5.41, 5.74) is 12.1. The summed E-state index contributed by atoms with van der Waals surface area (Å²) in [7, 11) is 0. The molecule has 0 radical (unpaired) electrons. The Hall–Kier alpha value is -0.0800. The molecule has 2 fully saturated rings. The summed E-state index contributed by atoms with van der Waals surface area (Å²) in [6.45, 7) is 0. The highest BCUT2D eigenvalue weighted by Crippen LogP contribution is 2.34. The number of hydrogen-bond acceptors (Lipinski definition) is 2. The molecule has 2 nitrogen and oxygen atoms in total. The number of nitrogens with two attached hydrogens (primary N) is 2.